The number of nitrogens with zero attached hydrogens (tertiary/aromatic N) is 2. The molecule has 0 aliphatic rings. The van der Waals surface area contributed by atoms with Crippen LogP contribution in [0.5, 0.6) is 0 Å². The van der Waals surface area contributed by atoms with E-state index in [0.29, 0.717) is 5.56 Å². The van der Waals surface area contributed by atoms with Gasteiger partial charge in [-0.1, -0.05) is 50.5 Å². The van der Waals surface area contributed by atoms with Crippen molar-refractivity contribution in [2.45, 2.75) is 39.0 Å². The predicted octanol–water partition coefficient (Wildman–Crippen LogP) is 5.27. The fourth-order valence-electron chi connectivity index (χ4n) is 3.02. The number of carbonyl (C=O) groups is 1. The van der Waals surface area contributed by atoms with Gasteiger partial charge in [0.15, 0.2) is 0 Å². The molecule has 25 heavy (non-hydrogen) atoms. The standard InChI is InChI=1S/C20H22N2O2S/c1-3-4-5-6-7-14-8-10-15(11-9-14)18-16(20(23)24-2)12-13-17-19(18)22-25-21-17/h8-13H,3-7H2,1-2H3. The molecule has 0 fully saturated rings. The van der Waals surface area contributed by atoms with E-state index in [9.17, 15) is 4.79 Å². The third kappa shape index (κ3) is 3.87. The summed E-state index contributed by atoms with van der Waals surface area (Å²) >= 11 is 1.16. The molecular formula is C20H22N2O2S. The zero-order chi connectivity index (χ0) is 17.6. The third-order valence-corrected chi connectivity index (χ3v) is 4.94. The van der Waals surface area contributed by atoms with E-state index in [1.165, 1.54) is 38.4 Å². The minimum Gasteiger partial charge on any atom is -0.465 e. The van der Waals surface area contributed by atoms with Gasteiger partial charge >= 0.3 is 5.97 Å². The molecule has 0 unspecified atom stereocenters. The molecule has 0 amide bonds. The maximum absolute atomic E-state index is 12.2. The lowest BCUT2D eigenvalue weighted by Gasteiger charge is -2.10. The van der Waals surface area contributed by atoms with Gasteiger partial charge in [-0.3, -0.25) is 0 Å². The fraction of sp³-hybridized carbons (Fsp3) is 0.350. The number of benzene rings is 2. The Morgan fingerprint density at radius 2 is 1.84 bits per heavy atom. The van der Waals surface area contributed by atoms with E-state index >= 15 is 0 Å². The first-order chi connectivity index (χ1) is 12.2. The van der Waals surface area contributed by atoms with Crippen molar-refractivity contribution in [2.24, 2.45) is 0 Å². The van der Waals surface area contributed by atoms with Crippen molar-refractivity contribution in [3.63, 3.8) is 0 Å². The lowest BCUT2D eigenvalue weighted by Crippen LogP contribution is -2.04. The van der Waals surface area contributed by atoms with Gasteiger partial charge in [0.05, 0.1) is 24.4 Å². The number of hydrogen-bond donors (Lipinski definition) is 0. The highest BCUT2D eigenvalue weighted by molar-refractivity contribution is 7.00. The van der Waals surface area contributed by atoms with Crippen molar-refractivity contribution >= 4 is 28.7 Å². The molecule has 0 aliphatic carbocycles. The number of aryl methyl sites for hydroxylation is 1. The maximum atomic E-state index is 12.2. The number of hydrogen-bond acceptors (Lipinski definition) is 5. The van der Waals surface area contributed by atoms with Crippen LogP contribution in [-0.2, 0) is 11.2 Å². The number of fused-ring (bicyclic) bond motifs is 1. The van der Waals surface area contributed by atoms with Crippen LogP contribution in [0.4, 0.5) is 0 Å². The molecule has 0 N–H and O–H groups in total. The summed E-state index contributed by atoms with van der Waals surface area (Å²) < 4.78 is 13.6. The summed E-state index contributed by atoms with van der Waals surface area (Å²) in [6, 6.07) is 12.0. The zero-order valence-electron chi connectivity index (χ0n) is 14.6. The smallest absolute Gasteiger partial charge is 0.338 e. The summed E-state index contributed by atoms with van der Waals surface area (Å²) in [5.41, 5.74) is 5.17. The van der Waals surface area contributed by atoms with Crippen molar-refractivity contribution in [3.05, 3.63) is 47.5 Å². The van der Waals surface area contributed by atoms with Crippen LogP contribution < -0.4 is 0 Å². The van der Waals surface area contributed by atoms with Crippen LogP contribution >= 0.6 is 11.7 Å². The van der Waals surface area contributed by atoms with E-state index < -0.39 is 0 Å². The lowest BCUT2D eigenvalue weighted by atomic mass is 9.96. The van der Waals surface area contributed by atoms with Crippen LogP contribution in [-0.4, -0.2) is 21.8 Å². The average Bonchev–Trinajstić information content (AvgIpc) is 3.13. The Kier molecular flexibility index (Phi) is 5.76. The molecule has 0 atom stereocenters. The van der Waals surface area contributed by atoms with E-state index in [4.69, 9.17) is 4.74 Å². The fourth-order valence-corrected chi connectivity index (χ4v) is 3.56. The van der Waals surface area contributed by atoms with Gasteiger partial charge in [-0.2, -0.15) is 8.75 Å². The van der Waals surface area contributed by atoms with E-state index in [2.05, 4.69) is 39.9 Å². The van der Waals surface area contributed by atoms with Crippen LogP contribution in [0.25, 0.3) is 22.2 Å². The number of ether oxygens (including phenoxy) is 1. The molecule has 5 heteroatoms. The molecule has 0 spiro atoms. The van der Waals surface area contributed by atoms with Crippen LogP contribution in [0.2, 0.25) is 0 Å². The lowest BCUT2D eigenvalue weighted by molar-refractivity contribution is 0.0602. The first-order valence-corrected chi connectivity index (χ1v) is 9.40. The number of rotatable bonds is 7. The van der Waals surface area contributed by atoms with Gasteiger partial charge in [0.2, 0.25) is 0 Å². The summed E-state index contributed by atoms with van der Waals surface area (Å²) in [6.45, 7) is 2.22. The SMILES string of the molecule is CCCCCCc1ccc(-c2c(C(=O)OC)ccc3nsnc23)cc1. The topological polar surface area (TPSA) is 52.1 Å². The van der Waals surface area contributed by atoms with Crippen LogP contribution in [0.15, 0.2) is 36.4 Å². The first-order valence-electron chi connectivity index (χ1n) is 8.67. The van der Waals surface area contributed by atoms with Gasteiger partial charge in [0.25, 0.3) is 0 Å². The largest absolute Gasteiger partial charge is 0.465 e. The molecule has 0 bridgehead atoms. The second-order valence-corrected chi connectivity index (χ2v) is 6.65. The first kappa shape index (κ1) is 17.5. The molecule has 0 saturated heterocycles. The molecular weight excluding hydrogens is 332 g/mol. The Morgan fingerprint density at radius 3 is 2.56 bits per heavy atom. The van der Waals surface area contributed by atoms with Gasteiger partial charge < -0.3 is 4.74 Å². The number of methoxy groups -OCH3 is 1. The average molecular weight is 354 g/mol. The molecule has 0 aliphatic heterocycles. The third-order valence-electron chi connectivity index (χ3n) is 4.39. The minimum atomic E-state index is -0.353. The van der Waals surface area contributed by atoms with Crippen LogP contribution in [0.3, 0.4) is 0 Å². The van der Waals surface area contributed by atoms with E-state index in [0.717, 1.165) is 40.3 Å². The summed E-state index contributed by atoms with van der Waals surface area (Å²) in [5.74, 6) is -0.353. The maximum Gasteiger partial charge on any atom is 0.338 e. The molecule has 4 nitrogen and oxygen atoms in total. The predicted molar refractivity (Wildman–Crippen MR) is 102 cm³/mol. The monoisotopic (exact) mass is 354 g/mol. The summed E-state index contributed by atoms with van der Waals surface area (Å²) in [5, 5.41) is 0. The van der Waals surface area contributed by atoms with E-state index in [-0.39, 0.29) is 5.97 Å². The molecule has 0 saturated carbocycles. The van der Waals surface area contributed by atoms with Crippen molar-refractivity contribution < 1.29 is 9.53 Å². The second kappa shape index (κ2) is 8.21. The Morgan fingerprint density at radius 1 is 1.04 bits per heavy atom. The highest BCUT2D eigenvalue weighted by Gasteiger charge is 2.18. The zero-order valence-corrected chi connectivity index (χ0v) is 15.4. The Balaban J connectivity index is 1.92. The van der Waals surface area contributed by atoms with Gasteiger partial charge in [-0.05, 0) is 36.1 Å². The summed E-state index contributed by atoms with van der Waals surface area (Å²) in [6.07, 6.45) is 6.12. The quantitative estimate of drug-likeness (QED) is 0.428. The normalized spacial score (nSPS) is 11.0. The van der Waals surface area contributed by atoms with Crippen LogP contribution in [0.1, 0.15) is 48.5 Å². The number of esters is 1. The summed E-state index contributed by atoms with van der Waals surface area (Å²) in [7, 11) is 1.40. The van der Waals surface area contributed by atoms with Crippen LogP contribution in [0, 0.1) is 0 Å². The molecule has 2 aromatic carbocycles. The molecule has 1 heterocycles. The summed E-state index contributed by atoms with van der Waals surface area (Å²) in [4.78, 5) is 12.2. The highest BCUT2D eigenvalue weighted by Crippen LogP contribution is 2.32. The molecule has 1 aromatic heterocycles. The molecule has 0 radical (unpaired) electrons. The van der Waals surface area contributed by atoms with Gasteiger partial charge in [-0.15, -0.1) is 0 Å². The Hall–Kier alpha value is -2.27. The highest BCUT2D eigenvalue weighted by atomic mass is 32.1. The number of unbranched alkanes of at least 4 members (excludes halogenated alkanes) is 3. The van der Waals surface area contributed by atoms with Crippen molar-refractivity contribution in [2.75, 3.05) is 7.11 Å². The Bertz CT molecular complexity index is 856. The second-order valence-electron chi connectivity index (χ2n) is 6.12. The van der Waals surface area contributed by atoms with Crippen molar-refractivity contribution in [3.8, 4) is 11.1 Å². The molecule has 3 aromatic rings. The number of carbonyl (C=O) groups excluding carboxylic acids is 1. The van der Waals surface area contributed by atoms with E-state index in [1.807, 2.05) is 6.07 Å². The molecule has 130 valence electrons. The van der Waals surface area contributed by atoms with E-state index in [1.54, 1.807) is 6.07 Å². The van der Waals surface area contributed by atoms with Gasteiger partial charge in [0, 0.05) is 5.56 Å². The van der Waals surface area contributed by atoms with Gasteiger partial charge in [0.1, 0.15) is 11.0 Å². The Labute approximate surface area is 152 Å². The van der Waals surface area contributed by atoms with Gasteiger partial charge in [-0.25, -0.2) is 4.79 Å². The van der Waals surface area contributed by atoms with Crippen molar-refractivity contribution in [1.82, 2.24) is 8.75 Å². The number of aromatic nitrogens is 2. The van der Waals surface area contributed by atoms with Crippen molar-refractivity contribution in [1.29, 1.82) is 0 Å². The molecule has 3 rings (SSSR count). The minimum absolute atomic E-state index is 0.353.